The third-order valence-corrected chi connectivity index (χ3v) is 3.23. The van der Waals surface area contributed by atoms with Crippen LogP contribution in [-0.2, 0) is 14.4 Å². The topological polar surface area (TPSA) is 79.8 Å². The summed E-state index contributed by atoms with van der Waals surface area (Å²) in [5, 5.41) is 9.52. The van der Waals surface area contributed by atoms with Crippen molar-refractivity contribution in [1.29, 1.82) is 0 Å². The van der Waals surface area contributed by atoms with Gasteiger partial charge in [-0.15, -0.1) is 0 Å². The Morgan fingerprint density at radius 2 is 2.06 bits per heavy atom. The fraction of sp³-hybridized carbons (Fsp3) is 0.750. The van der Waals surface area contributed by atoms with Gasteiger partial charge in [0.25, 0.3) is 5.91 Å². The fourth-order valence-electron chi connectivity index (χ4n) is 2.14. The number of hydrogen-bond acceptors (Lipinski definition) is 5. The van der Waals surface area contributed by atoms with E-state index in [-0.39, 0.29) is 17.9 Å². The van der Waals surface area contributed by atoms with E-state index in [1.54, 1.807) is 0 Å². The van der Waals surface area contributed by atoms with E-state index >= 15 is 0 Å². The number of carbonyl (C=O) groups excluding carboxylic acids is 2. The standard InChI is InChI=1S/C12H19N3O3/c16-11-9(5-1-4-8-14-11)15-18-12(17)10-6-2-3-7-13-10/h10,13H,1-8H2,(H,14,16). The van der Waals surface area contributed by atoms with Crippen molar-refractivity contribution in [3.05, 3.63) is 0 Å². The molecule has 0 aliphatic carbocycles. The van der Waals surface area contributed by atoms with Crippen molar-refractivity contribution in [2.75, 3.05) is 13.1 Å². The van der Waals surface area contributed by atoms with Crippen LogP contribution in [0.1, 0.15) is 38.5 Å². The molecular formula is C12H19N3O3. The summed E-state index contributed by atoms with van der Waals surface area (Å²) in [6, 6.07) is -0.281. The molecule has 0 aromatic carbocycles. The summed E-state index contributed by atoms with van der Waals surface area (Å²) in [7, 11) is 0. The molecule has 2 aliphatic rings. The zero-order valence-electron chi connectivity index (χ0n) is 10.4. The maximum atomic E-state index is 11.7. The van der Waals surface area contributed by atoms with Crippen LogP contribution in [-0.4, -0.2) is 36.7 Å². The Hall–Kier alpha value is -1.43. The van der Waals surface area contributed by atoms with Crippen molar-refractivity contribution in [2.45, 2.75) is 44.6 Å². The van der Waals surface area contributed by atoms with E-state index in [1.807, 2.05) is 0 Å². The summed E-state index contributed by atoms with van der Waals surface area (Å²) in [6.45, 7) is 1.49. The van der Waals surface area contributed by atoms with Gasteiger partial charge in [-0.3, -0.25) is 4.79 Å². The van der Waals surface area contributed by atoms with Gasteiger partial charge in [0.1, 0.15) is 11.8 Å². The molecule has 2 fully saturated rings. The van der Waals surface area contributed by atoms with Crippen LogP contribution in [0, 0.1) is 0 Å². The van der Waals surface area contributed by atoms with Crippen molar-refractivity contribution < 1.29 is 14.4 Å². The highest BCUT2D eigenvalue weighted by Crippen LogP contribution is 2.09. The number of hydrogen-bond donors (Lipinski definition) is 2. The van der Waals surface area contributed by atoms with Crippen molar-refractivity contribution in [3.63, 3.8) is 0 Å². The lowest BCUT2D eigenvalue weighted by atomic mass is 10.1. The van der Waals surface area contributed by atoms with Gasteiger partial charge < -0.3 is 15.5 Å². The summed E-state index contributed by atoms with van der Waals surface area (Å²) in [5.41, 5.74) is 0.316. The van der Waals surface area contributed by atoms with Gasteiger partial charge in [-0.05, 0) is 38.6 Å². The average Bonchev–Trinajstić information content (AvgIpc) is 2.62. The predicted molar refractivity (Wildman–Crippen MR) is 66.0 cm³/mol. The number of oxime groups is 1. The normalized spacial score (nSPS) is 27.4. The highest BCUT2D eigenvalue weighted by Gasteiger charge is 2.23. The monoisotopic (exact) mass is 253 g/mol. The molecular weight excluding hydrogens is 234 g/mol. The van der Waals surface area contributed by atoms with Crippen LogP contribution in [0.5, 0.6) is 0 Å². The molecule has 0 aromatic rings. The fourth-order valence-corrected chi connectivity index (χ4v) is 2.14. The molecule has 6 nitrogen and oxygen atoms in total. The summed E-state index contributed by atoms with van der Waals surface area (Å²) < 4.78 is 0. The second-order valence-corrected chi connectivity index (χ2v) is 4.66. The number of rotatable bonds is 2. The first-order valence-corrected chi connectivity index (χ1v) is 6.56. The Kier molecular flexibility index (Phi) is 4.69. The zero-order valence-corrected chi connectivity index (χ0v) is 10.4. The van der Waals surface area contributed by atoms with Crippen LogP contribution in [0.15, 0.2) is 5.16 Å². The summed E-state index contributed by atoms with van der Waals surface area (Å²) >= 11 is 0. The first-order valence-electron chi connectivity index (χ1n) is 6.56. The molecule has 0 spiro atoms. The van der Waals surface area contributed by atoms with Gasteiger partial charge >= 0.3 is 5.97 Å². The maximum absolute atomic E-state index is 11.7. The minimum Gasteiger partial charge on any atom is -0.351 e. The summed E-state index contributed by atoms with van der Waals surface area (Å²) in [4.78, 5) is 28.1. The zero-order chi connectivity index (χ0) is 12.8. The Bertz CT molecular complexity index is 348. The minimum atomic E-state index is -0.390. The van der Waals surface area contributed by atoms with Crippen molar-refractivity contribution in [2.24, 2.45) is 5.16 Å². The van der Waals surface area contributed by atoms with Crippen molar-refractivity contribution >= 4 is 17.6 Å². The van der Waals surface area contributed by atoms with Crippen LogP contribution < -0.4 is 10.6 Å². The number of nitrogens with zero attached hydrogens (tertiary/aromatic N) is 1. The molecule has 0 saturated carbocycles. The maximum Gasteiger partial charge on any atom is 0.351 e. The van der Waals surface area contributed by atoms with Gasteiger partial charge in [-0.2, -0.15) is 0 Å². The van der Waals surface area contributed by atoms with Crippen LogP contribution in [0.25, 0.3) is 0 Å². The lowest BCUT2D eigenvalue weighted by Crippen LogP contribution is -2.41. The minimum absolute atomic E-state index is 0.225. The van der Waals surface area contributed by atoms with Crippen molar-refractivity contribution in [1.82, 2.24) is 10.6 Å². The van der Waals surface area contributed by atoms with Crippen LogP contribution in [0.2, 0.25) is 0 Å². The van der Waals surface area contributed by atoms with Gasteiger partial charge in [0, 0.05) is 6.54 Å². The molecule has 0 radical (unpaired) electrons. The number of nitrogens with one attached hydrogen (secondary N) is 2. The third kappa shape index (κ3) is 3.53. The SMILES string of the molecule is O=C1NCCCCC1=NOC(=O)C1CCCCN1. The van der Waals surface area contributed by atoms with Gasteiger partial charge in [-0.25, -0.2) is 4.79 Å². The molecule has 6 heteroatoms. The molecule has 1 unspecified atom stereocenters. The van der Waals surface area contributed by atoms with E-state index in [2.05, 4.69) is 15.8 Å². The van der Waals surface area contributed by atoms with Crippen LogP contribution in [0.4, 0.5) is 0 Å². The highest BCUT2D eigenvalue weighted by atomic mass is 16.7. The number of amides is 1. The van der Waals surface area contributed by atoms with E-state index in [1.165, 1.54) is 0 Å². The average molecular weight is 253 g/mol. The molecule has 1 amide bonds. The predicted octanol–water partition coefficient (Wildman–Crippen LogP) is 0.328. The first kappa shape index (κ1) is 13.0. The quantitative estimate of drug-likeness (QED) is 0.549. The Balaban J connectivity index is 1.87. The Morgan fingerprint density at radius 3 is 2.83 bits per heavy atom. The first-order chi connectivity index (χ1) is 8.77. The van der Waals surface area contributed by atoms with E-state index in [9.17, 15) is 9.59 Å². The van der Waals surface area contributed by atoms with Crippen molar-refractivity contribution in [3.8, 4) is 0 Å². The van der Waals surface area contributed by atoms with Gasteiger partial charge in [0.15, 0.2) is 0 Å². The molecule has 1 atom stereocenters. The number of piperidine rings is 1. The molecule has 2 saturated heterocycles. The summed E-state index contributed by atoms with van der Waals surface area (Å²) in [6.07, 6.45) is 5.26. The Morgan fingerprint density at radius 1 is 1.22 bits per heavy atom. The third-order valence-electron chi connectivity index (χ3n) is 3.23. The van der Waals surface area contributed by atoms with E-state index < -0.39 is 0 Å². The molecule has 2 aliphatic heterocycles. The molecule has 2 heterocycles. The largest absolute Gasteiger partial charge is 0.351 e. The number of carbonyl (C=O) groups is 2. The van der Waals surface area contributed by atoms with E-state index in [0.717, 1.165) is 38.6 Å². The van der Waals surface area contributed by atoms with Gasteiger partial charge in [0.2, 0.25) is 0 Å². The van der Waals surface area contributed by atoms with Crippen LogP contribution >= 0.6 is 0 Å². The molecule has 2 N–H and O–H groups in total. The smallest absolute Gasteiger partial charge is 0.351 e. The Labute approximate surface area is 106 Å². The van der Waals surface area contributed by atoms with Gasteiger partial charge in [0.05, 0.1) is 0 Å². The highest BCUT2D eigenvalue weighted by molar-refractivity contribution is 6.38. The molecule has 18 heavy (non-hydrogen) atoms. The van der Waals surface area contributed by atoms with E-state index in [4.69, 9.17) is 4.84 Å². The molecule has 100 valence electrons. The van der Waals surface area contributed by atoms with Crippen LogP contribution in [0.3, 0.4) is 0 Å². The molecule has 0 bridgehead atoms. The second kappa shape index (κ2) is 6.49. The molecule has 2 rings (SSSR count). The van der Waals surface area contributed by atoms with E-state index in [0.29, 0.717) is 18.7 Å². The second-order valence-electron chi connectivity index (χ2n) is 4.66. The lowest BCUT2D eigenvalue weighted by Gasteiger charge is -2.20. The van der Waals surface area contributed by atoms with Gasteiger partial charge in [-0.1, -0.05) is 11.6 Å². The lowest BCUT2D eigenvalue weighted by molar-refractivity contribution is -0.146. The molecule has 0 aromatic heterocycles. The summed E-state index contributed by atoms with van der Waals surface area (Å²) in [5.74, 6) is -0.615.